The minimum atomic E-state index is -0.732. The van der Waals surface area contributed by atoms with Crippen LogP contribution in [0.5, 0.6) is 0 Å². The number of rotatable bonds is 5. The van der Waals surface area contributed by atoms with Crippen molar-refractivity contribution in [2.75, 3.05) is 5.32 Å². The molecule has 4 aromatic rings. The number of carbonyl (C=O) groups excluding carboxylic acids is 1. The van der Waals surface area contributed by atoms with Crippen LogP contribution < -0.4 is 10.9 Å². The number of aryl methyl sites for hydroxylation is 4. The minimum absolute atomic E-state index is 0.258. The molecular weight excluding hydrogens is 402 g/mol. The number of nitrogens with one attached hydrogen (secondary N) is 1. The predicted molar refractivity (Wildman–Crippen MR) is 126 cm³/mol. The molecular formula is C25H27N5O2. The zero-order valence-electron chi connectivity index (χ0n) is 19.0. The van der Waals surface area contributed by atoms with Crippen molar-refractivity contribution in [2.45, 2.75) is 47.1 Å². The first kappa shape index (κ1) is 21.5. The molecule has 4 rings (SSSR count). The fraction of sp³-hybridized carbons (Fsp3) is 0.280. The van der Waals surface area contributed by atoms with Gasteiger partial charge in [0, 0.05) is 5.69 Å². The molecule has 0 saturated heterocycles. The first-order chi connectivity index (χ1) is 15.3. The van der Waals surface area contributed by atoms with Crippen molar-refractivity contribution >= 4 is 22.5 Å². The Morgan fingerprint density at radius 1 is 0.969 bits per heavy atom. The van der Waals surface area contributed by atoms with Gasteiger partial charge in [-0.3, -0.25) is 9.59 Å². The first-order valence-corrected chi connectivity index (χ1v) is 10.7. The predicted octanol–water partition coefficient (Wildman–Crippen LogP) is 4.41. The number of hydrogen-bond donors (Lipinski definition) is 1. The van der Waals surface area contributed by atoms with Crippen LogP contribution in [-0.4, -0.2) is 25.5 Å². The number of anilines is 1. The van der Waals surface area contributed by atoms with E-state index in [0.717, 1.165) is 28.2 Å². The minimum Gasteiger partial charge on any atom is -0.324 e. The van der Waals surface area contributed by atoms with Crippen molar-refractivity contribution in [3.8, 4) is 5.69 Å². The van der Waals surface area contributed by atoms with Gasteiger partial charge in [0.25, 0.3) is 5.56 Å². The Kier molecular flexibility index (Phi) is 5.65. The molecule has 2 heterocycles. The molecule has 1 atom stereocenters. The van der Waals surface area contributed by atoms with Gasteiger partial charge in [0.15, 0.2) is 0 Å². The Morgan fingerprint density at radius 2 is 1.62 bits per heavy atom. The van der Waals surface area contributed by atoms with Crippen molar-refractivity contribution in [1.29, 1.82) is 0 Å². The zero-order valence-corrected chi connectivity index (χ0v) is 19.0. The van der Waals surface area contributed by atoms with Crippen LogP contribution in [0.3, 0.4) is 0 Å². The van der Waals surface area contributed by atoms with Crippen molar-refractivity contribution in [2.24, 2.45) is 0 Å². The Hall–Kier alpha value is -3.74. The Bertz CT molecular complexity index is 1350. The summed E-state index contributed by atoms with van der Waals surface area (Å²) in [7, 11) is 0. The van der Waals surface area contributed by atoms with E-state index in [1.54, 1.807) is 4.68 Å². The van der Waals surface area contributed by atoms with Crippen LogP contribution >= 0.6 is 0 Å². The lowest BCUT2D eigenvalue weighted by molar-refractivity contribution is -0.119. The summed E-state index contributed by atoms with van der Waals surface area (Å²) >= 11 is 0. The summed E-state index contributed by atoms with van der Waals surface area (Å²) in [6, 6.07) is 14.8. The second-order valence-electron chi connectivity index (χ2n) is 8.07. The van der Waals surface area contributed by atoms with Gasteiger partial charge in [-0.2, -0.15) is 10.2 Å². The van der Waals surface area contributed by atoms with Crippen molar-refractivity contribution in [1.82, 2.24) is 19.6 Å². The summed E-state index contributed by atoms with van der Waals surface area (Å²) in [6.07, 6.45) is 0.431. The lowest BCUT2D eigenvalue weighted by Crippen LogP contribution is -2.35. The van der Waals surface area contributed by atoms with E-state index in [2.05, 4.69) is 15.5 Å². The molecule has 164 valence electrons. The van der Waals surface area contributed by atoms with E-state index in [-0.39, 0.29) is 11.5 Å². The molecule has 32 heavy (non-hydrogen) atoms. The quantitative estimate of drug-likeness (QED) is 0.510. The van der Waals surface area contributed by atoms with Crippen LogP contribution in [0.4, 0.5) is 5.69 Å². The average Bonchev–Trinajstić information content (AvgIpc) is 3.13. The van der Waals surface area contributed by atoms with Gasteiger partial charge >= 0.3 is 0 Å². The molecule has 0 aliphatic rings. The molecule has 0 radical (unpaired) electrons. The summed E-state index contributed by atoms with van der Waals surface area (Å²) in [5.74, 6) is -0.258. The Labute approximate surface area is 186 Å². The average molecular weight is 430 g/mol. The van der Waals surface area contributed by atoms with Gasteiger partial charge in [-0.1, -0.05) is 43.3 Å². The maximum absolute atomic E-state index is 13.5. The summed E-state index contributed by atoms with van der Waals surface area (Å²) < 4.78 is 3.06. The number of carbonyl (C=O) groups is 1. The normalized spacial score (nSPS) is 12.2. The van der Waals surface area contributed by atoms with E-state index in [1.165, 1.54) is 4.68 Å². The molecule has 0 aliphatic heterocycles. The summed E-state index contributed by atoms with van der Waals surface area (Å²) in [5, 5.41) is 12.6. The van der Waals surface area contributed by atoms with E-state index in [0.29, 0.717) is 23.0 Å². The molecule has 0 bridgehead atoms. The molecule has 7 nitrogen and oxygen atoms in total. The highest BCUT2D eigenvalue weighted by Gasteiger charge is 2.26. The van der Waals surface area contributed by atoms with Crippen LogP contribution in [-0.2, 0) is 4.79 Å². The second-order valence-corrected chi connectivity index (χ2v) is 8.07. The van der Waals surface area contributed by atoms with Gasteiger partial charge in [0.1, 0.15) is 11.6 Å². The van der Waals surface area contributed by atoms with Gasteiger partial charge in [-0.05, 0) is 57.4 Å². The number of hydrogen-bond acceptors (Lipinski definition) is 4. The highest BCUT2D eigenvalue weighted by atomic mass is 16.2. The fourth-order valence-electron chi connectivity index (χ4n) is 4.10. The largest absolute Gasteiger partial charge is 0.324 e. The van der Waals surface area contributed by atoms with E-state index < -0.39 is 6.04 Å². The highest BCUT2D eigenvalue weighted by Crippen LogP contribution is 2.24. The van der Waals surface area contributed by atoms with E-state index in [9.17, 15) is 9.59 Å². The molecule has 0 saturated carbocycles. The number of amides is 1. The van der Waals surface area contributed by atoms with Gasteiger partial charge in [-0.25, -0.2) is 9.36 Å². The molecule has 0 spiro atoms. The standard InChI is InChI=1S/C25H27N5O2/c1-6-20(24(31)26-22-15(2)11-10-12-16(22)3)30-25(32)21-18(5)29(19-13-8-7-9-14-19)28-23(21)17(4)27-30/h7-14,20H,6H2,1-5H3,(H,26,31)/t20-/m0/s1. The van der Waals surface area contributed by atoms with Gasteiger partial charge in [0.2, 0.25) is 5.91 Å². The summed E-state index contributed by atoms with van der Waals surface area (Å²) in [4.78, 5) is 26.7. The summed E-state index contributed by atoms with van der Waals surface area (Å²) in [6.45, 7) is 9.46. The maximum Gasteiger partial charge on any atom is 0.278 e. The smallest absolute Gasteiger partial charge is 0.278 e. The lowest BCUT2D eigenvalue weighted by atomic mass is 10.1. The zero-order chi connectivity index (χ0) is 23.0. The molecule has 1 amide bonds. The SMILES string of the molecule is CC[C@@H](C(=O)Nc1c(C)cccc1C)n1nc(C)c2nn(-c3ccccc3)c(C)c2c1=O. The van der Waals surface area contributed by atoms with E-state index in [4.69, 9.17) is 0 Å². The molecule has 0 aliphatic carbocycles. The van der Waals surface area contributed by atoms with Gasteiger partial charge in [0.05, 0.1) is 22.5 Å². The third kappa shape index (κ3) is 3.60. The maximum atomic E-state index is 13.5. The topological polar surface area (TPSA) is 81.8 Å². The Morgan fingerprint density at radius 3 is 2.25 bits per heavy atom. The molecule has 1 N–H and O–H groups in total. The van der Waals surface area contributed by atoms with Gasteiger partial charge in [-0.15, -0.1) is 0 Å². The highest BCUT2D eigenvalue weighted by molar-refractivity contribution is 5.95. The summed E-state index contributed by atoms with van der Waals surface area (Å²) in [5.41, 5.74) is 5.16. The molecule has 7 heteroatoms. The Balaban J connectivity index is 1.81. The van der Waals surface area contributed by atoms with Crippen LogP contribution in [0, 0.1) is 27.7 Å². The molecule has 0 fully saturated rings. The lowest BCUT2D eigenvalue weighted by Gasteiger charge is -2.19. The number of aromatic nitrogens is 4. The van der Waals surface area contributed by atoms with Gasteiger partial charge < -0.3 is 5.32 Å². The third-order valence-electron chi connectivity index (χ3n) is 5.85. The van der Waals surface area contributed by atoms with E-state index in [1.807, 2.05) is 83.1 Å². The molecule has 0 unspecified atom stereocenters. The van der Waals surface area contributed by atoms with Crippen molar-refractivity contribution in [3.63, 3.8) is 0 Å². The fourth-order valence-corrected chi connectivity index (χ4v) is 4.10. The number of para-hydroxylation sites is 2. The van der Waals surface area contributed by atoms with Crippen molar-refractivity contribution < 1.29 is 4.79 Å². The van der Waals surface area contributed by atoms with Crippen LogP contribution in [0.25, 0.3) is 16.6 Å². The van der Waals surface area contributed by atoms with E-state index >= 15 is 0 Å². The van der Waals surface area contributed by atoms with Crippen molar-refractivity contribution in [3.05, 3.63) is 81.4 Å². The van der Waals surface area contributed by atoms with Crippen LogP contribution in [0.1, 0.15) is 41.9 Å². The third-order valence-corrected chi connectivity index (χ3v) is 5.85. The second kappa shape index (κ2) is 8.42. The molecule has 2 aromatic carbocycles. The number of fused-ring (bicyclic) bond motifs is 1. The van der Waals surface area contributed by atoms with Crippen LogP contribution in [0.15, 0.2) is 53.3 Å². The molecule has 2 aromatic heterocycles. The number of benzene rings is 2. The first-order valence-electron chi connectivity index (χ1n) is 10.7. The van der Waals surface area contributed by atoms with Crippen LogP contribution in [0.2, 0.25) is 0 Å². The number of nitrogens with zero attached hydrogens (tertiary/aromatic N) is 4. The monoisotopic (exact) mass is 429 g/mol.